The van der Waals surface area contributed by atoms with Gasteiger partial charge in [0.25, 0.3) is 0 Å². The quantitative estimate of drug-likeness (QED) is 0.312. The number of rotatable bonds is 3. The summed E-state index contributed by atoms with van der Waals surface area (Å²) in [7, 11) is 0. The van der Waals surface area contributed by atoms with E-state index in [0.717, 1.165) is 0 Å². The van der Waals surface area contributed by atoms with Gasteiger partial charge in [0.15, 0.2) is 22.8 Å². The highest BCUT2D eigenvalue weighted by Crippen LogP contribution is 2.29. The number of nitrogens with two attached hydrogens (primary N) is 2. The smallest absolute Gasteiger partial charge is 0.186 e. The summed E-state index contributed by atoms with van der Waals surface area (Å²) in [6.07, 6.45) is 3.00. The minimum atomic E-state index is -0.480. The summed E-state index contributed by atoms with van der Waals surface area (Å²) >= 11 is 6.27. The average molecular weight is 394 g/mol. The Bertz CT molecular complexity index is 1230. The van der Waals surface area contributed by atoms with Crippen LogP contribution in [0, 0.1) is 5.82 Å². The Kier molecular flexibility index (Phi) is 4.54. The maximum atomic E-state index is 13.6. The Balaban J connectivity index is 1.93. The van der Waals surface area contributed by atoms with Crippen LogP contribution >= 0.6 is 11.6 Å². The van der Waals surface area contributed by atoms with Crippen LogP contribution in [0.2, 0.25) is 5.02 Å². The summed E-state index contributed by atoms with van der Waals surface area (Å²) in [4.78, 5) is 21.6. The second-order valence-corrected chi connectivity index (χ2v) is 6.22. The van der Waals surface area contributed by atoms with Gasteiger partial charge in [0.1, 0.15) is 11.7 Å². The van der Waals surface area contributed by atoms with Crippen molar-refractivity contribution in [1.29, 1.82) is 0 Å². The van der Waals surface area contributed by atoms with Crippen LogP contribution in [0.4, 0.5) is 15.9 Å². The molecule has 0 fully saturated rings. The first-order valence-corrected chi connectivity index (χ1v) is 8.54. The molecule has 0 aliphatic carbocycles. The number of halogens is 2. The Hall–Kier alpha value is -3.65. The van der Waals surface area contributed by atoms with E-state index in [0.29, 0.717) is 33.3 Å². The van der Waals surface area contributed by atoms with Crippen molar-refractivity contribution in [1.82, 2.24) is 19.9 Å². The lowest BCUT2D eigenvalue weighted by Crippen LogP contribution is -2.15. The van der Waals surface area contributed by atoms with Crippen LogP contribution in [0.3, 0.4) is 0 Å². The third kappa shape index (κ3) is 3.33. The van der Waals surface area contributed by atoms with Gasteiger partial charge in [-0.1, -0.05) is 23.7 Å². The summed E-state index contributed by atoms with van der Waals surface area (Å²) in [5.41, 5.74) is 13.8. The molecule has 0 unspecified atom stereocenters. The average Bonchev–Trinajstić information content (AvgIpc) is 2.70. The Morgan fingerprint density at radius 1 is 1.04 bits per heavy atom. The molecule has 4 aromatic rings. The molecule has 28 heavy (non-hydrogen) atoms. The lowest BCUT2D eigenvalue weighted by atomic mass is 10.1. The monoisotopic (exact) mass is 393 g/mol. The number of amidine groups is 1. The summed E-state index contributed by atoms with van der Waals surface area (Å²) in [5.74, 6) is 0.00532. The van der Waals surface area contributed by atoms with Gasteiger partial charge < -0.3 is 11.5 Å². The van der Waals surface area contributed by atoms with Gasteiger partial charge in [-0.05, 0) is 30.3 Å². The summed E-state index contributed by atoms with van der Waals surface area (Å²) in [6, 6.07) is 11.0. The molecule has 4 rings (SSSR count). The largest absolute Gasteiger partial charge is 0.398 e. The van der Waals surface area contributed by atoms with E-state index >= 15 is 0 Å². The highest BCUT2D eigenvalue weighted by Gasteiger charge is 2.14. The Labute approximate surface area is 164 Å². The van der Waals surface area contributed by atoms with Crippen molar-refractivity contribution in [2.45, 2.75) is 0 Å². The molecule has 0 aliphatic rings. The fraction of sp³-hybridized carbons (Fsp3) is 0. The maximum absolute atomic E-state index is 13.6. The van der Waals surface area contributed by atoms with E-state index < -0.39 is 5.82 Å². The maximum Gasteiger partial charge on any atom is 0.186 e. The van der Waals surface area contributed by atoms with Crippen molar-refractivity contribution in [3.63, 3.8) is 0 Å². The zero-order valence-corrected chi connectivity index (χ0v) is 15.1. The van der Waals surface area contributed by atoms with Crippen LogP contribution in [0.5, 0.6) is 0 Å². The van der Waals surface area contributed by atoms with Crippen LogP contribution in [-0.4, -0.2) is 25.8 Å². The van der Waals surface area contributed by atoms with Gasteiger partial charge in [-0.15, -0.1) is 0 Å². The van der Waals surface area contributed by atoms with Gasteiger partial charge in [-0.25, -0.2) is 29.3 Å². The van der Waals surface area contributed by atoms with E-state index in [2.05, 4.69) is 24.9 Å². The molecule has 138 valence electrons. The summed E-state index contributed by atoms with van der Waals surface area (Å²) in [5, 5.41) is 0.475. The molecule has 0 saturated heterocycles. The fourth-order valence-electron chi connectivity index (χ4n) is 2.61. The highest BCUT2D eigenvalue weighted by molar-refractivity contribution is 6.33. The van der Waals surface area contributed by atoms with Gasteiger partial charge in [0.2, 0.25) is 0 Å². The molecule has 0 radical (unpaired) electrons. The number of nitrogens with zero attached hydrogens (tertiary/aromatic N) is 5. The van der Waals surface area contributed by atoms with E-state index in [1.165, 1.54) is 30.6 Å². The van der Waals surface area contributed by atoms with Crippen LogP contribution in [0.1, 0.15) is 5.56 Å². The molecule has 2 aromatic heterocycles. The first-order chi connectivity index (χ1) is 13.5. The van der Waals surface area contributed by atoms with Crippen molar-refractivity contribution in [2.75, 3.05) is 5.73 Å². The molecule has 0 aliphatic heterocycles. The number of aliphatic imine (C=N–C) groups is 1. The number of aromatic nitrogens is 4. The highest BCUT2D eigenvalue weighted by atomic mass is 35.5. The van der Waals surface area contributed by atoms with Crippen molar-refractivity contribution in [3.8, 4) is 11.4 Å². The Morgan fingerprint density at radius 2 is 1.82 bits per heavy atom. The minimum Gasteiger partial charge on any atom is -0.398 e. The van der Waals surface area contributed by atoms with Crippen molar-refractivity contribution >= 4 is 40.1 Å². The molecule has 2 aromatic carbocycles. The first-order valence-electron chi connectivity index (χ1n) is 8.16. The normalized spacial score (nSPS) is 11.7. The fourth-order valence-corrected chi connectivity index (χ4v) is 2.83. The second-order valence-electron chi connectivity index (χ2n) is 5.81. The SMILES string of the molecule is NC(=Nc1nc(-c2ccccc2Cl)nc2nccnc12)c1cc(F)ccc1N. The minimum absolute atomic E-state index is 0.00670. The Morgan fingerprint density at radius 3 is 2.64 bits per heavy atom. The first kappa shape index (κ1) is 17.7. The topological polar surface area (TPSA) is 116 Å². The predicted octanol–water partition coefficient (Wildman–Crippen LogP) is 3.50. The molecule has 0 atom stereocenters. The van der Waals surface area contributed by atoms with Crippen LogP contribution in [0.25, 0.3) is 22.6 Å². The third-order valence-corrected chi connectivity index (χ3v) is 4.28. The molecule has 2 heterocycles. The molecule has 0 amide bonds. The molecule has 0 saturated carbocycles. The van der Waals surface area contributed by atoms with Crippen LogP contribution < -0.4 is 11.5 Å². The van der Waals surface area contributed by atoms with E-state index in [1.54, 1.807) is 18.2 Å². The van der Waals surface area contributed by atoms with E-state index in [9.17, 15) is 4.39 Å². The summed E-state index contributed by atoms with van der Waals surface area (Å²) in [6.45, 7) is 0. The number of hydrogen-bond donors (Lipinski definition) is 2. The number of benzene rings is 2. The molecule has 4 N–H and O–H groups in total. The van der Waals surface area contributed by atoms with Gasteiger partial charge in [0, 0.05) is 29.2 Å². The van der Waals surface area contributed by atoms with Crippen LogP contribution in [-0.2, 0) is 0 Å². The van der Waals surface area contributed by atoms with E-state index in [-0.39, 0.29) is 17.2 Å². The van der Waals surface area contributed by atoms with Crippen molar-refractivity contribution in [3.05, 3.63) is 71.3 Å². The predicted molar refractivity (Wildman–Crippen MR) is 107 cm³/mol. The second kappa shape index (κ2) is 7.16. The zero-order chi connectivity index (χ0) is 19.7. The molecule has 0 spiro atoms. The molecule has 9 heteroatoms. The number of fused-ring (bicyclic) bond motifs is 1. The van der Waals surface area contributed by atoms with E-state index in [1.807, 2.05) is 6.07 Å². The third-order valence-electron chi connectivity index (χ3n) is 3.95. The van der Waals surface area contributed by atoms with Crippen molar-refractivity contribution < 1.29 is 4.39 Å². The summed E-state index contributed by atoms with van der Waals surface area (Å²) < 4.78 is 13.6. The number of nitrogen functional groups attached to an aromatic ring is 1. The lowest BCUT2D eigenvalue weighted by Gasteiger charge is -2.08. The van der Waals surface area contributed by atoms with Gasteiger partial charge >= 0.3 is 0 Å². The zero-order valence-electron chi connectivity index (χ0n) is 14.3. The molecule has 0 bridgehead atoms. The number of anilines is 1. The van der Waals surface area contributed by atoms with Gasteiger partial charge in [-0.3, -0.25) is 0 Å². The van der Waals surface area contributed by atoms with Gasteiger partial charge in [-0.2, -0.15) is 0 Å². The van der Waals surface area contributed by atoms with Gasteiger partial charge in [0.05, 0.1) is 5.02 Å². The number of hydrogen-bond acceptors (Lipinski definition) is 6. The molecular formula is C19H13ClFN7. The standard InChI is InChI=1S/C19H13ClFN7/c20-13-4-2-1-3-11(13)17-27-18-15(24-7-8-25-18)19(28-17)26-16(23)12-9-10(21)5-6-14(12)22/h1-9H,22H2,(H2,23,25,26,27,28). The molecular weight excluding hydrogens is 381 g/mol. The van der Waals surface area contributed by atoms with E-state index in [4.69, 9.17) is 23.1 Å². The van der Waals surface area contributed by atoms with Crippen molar-refractivity contribution in [2.24, 2.45) is 10.7 Å². The van der Waals surface area contributed by atoms with Crippen LogP contribution in [0.15, 0.2) is 59.9 Å². The lowest BCUT2D eigenvalue weighted by molar-refractivity contribution is 0.627. The molecule has 7 nitrogen and oxygen atoms in total.